The highest BCUT2D eigenvalue weighted by Gasteiger charge is 2.22. The minimum absolute atomic E-state index is 0.409. The lowest BCUT2D eigenvalue weighted by Gasteiger charge is -2.16. The maximum atomic E-state index is 5.45. The Morgan fingerprint density at radius 3 is 1.72 bits per heavy atom. The van der Waals surface area contributed by atoms with Crippen molar-refractivity contribution in [2.75, 3.05) is 0 Å². The number of rotatable bonds is 5. The molecule has 1 unspecified atom stereocenters. The second-order valence-corrected chi connectivity index (χ2v) is 16.0. The van der Waals surface area contributed by atoms with Crippen LogP contribution >= 0.6 is 22.7 Å². The molecule has 10 rings (SSSR count). The van der Waals surface area contributed by atoms with Gasteiger partial charge in [-0.2, -0.15) is 0 Å². The maximum Gasteiger partial charge on any atom is 0.161 e. The van der Waals surface area contributed by atoms with Crippen LogP contribution in [0.25, 0.3) is 57.2 Å². The zero-order valence-corrected chi connectivity index (χ0v) is 31.1. The molecule has 2 nitrogen and oxygen atoms in total. The molecule has 4 heteroatoms. The number of thiophene rings is 2. The van der Waals surface area contributed by atoms with Crippen molar-refractivity contribution in [3.05, 3.63) is 186 Å². The summed E-state index contributed by atoms with van der Waals surface area (Å²) in [5.74, 6) is 1.18. The molecule has 2 aliphatic rings. The highest BCUT2D eigenvalue weighted by atomic mass is 32.1. The predicted octanol–water partition coefficient (Wildman–Crippen LogP) is 14.1. The summed E-state index contributed by atoms with van der Waals surface area (Å²) < 4.78 is 5.27. The van der Waals surface area contributed by atoms with Gasteiger partial charge in [0.1, 0.15) is 0 Å². The molecule has 1 atom stereocenters. The van der Waals surface area contributed by atoms with E-state index in [9.17, 15) is 0 Å². The Morgan fingerprint density at radius 2 is 1.08 bits per heavy atom. The van der Waals surface area contributed by atoms with Crippen molar-refractivity contribution in [2.24, 2.45) is 9.98 Å². The van der Waals surface area contributed by atoms with E-state index in [4.69, 9.17) is 9.98 Å². The first kappa shape index (κ1) is 32.0. The largest absolute Gasteiger partial charge is 0.232 e. The van der Waals surface area contributed by atoms with Crippen molar-refractivity contribution in [2.45, 2.75) is 32.1 Å². The van der Waals surface area contributed by atoms with Crippen molar-refractivity contribution in [1.82, 2.24) is 0 Å². The highest BCUT2D eigenvalue weighted by Crippen LogP contribution is 2.47. The van der Waals surface area contributed by atoms with Gasteiger partial charge >= 0.3 is 0 Å². The Bertz CT molecular complexity index is 2860. The lowest BCUT2D eigenvalue weighted by atomic mass is 9.91. The van der Waals surface area contributed by atoms with Crippen LogP contribution in [-0.2, 0) is 0 Å². The number of allylic oxidation sites excluding steroid dienone is 5. The molecule has 0 bridgehead atoms. The van der Waals surface area contributed by atoms with E-state index in [1.807, 2.05) is 22.7 Å². The molecule has 1 aliphatic heterocycles. The van der Waals surface area contributed by atoms with Gasteiger partial charge in [-0.1, -0.05) is 152 Å². The molecular weight excluding hydrogens is 681 g/mol. The summed E-state index contributed by atoms with van der Waals surface area (Å²) in [6.45, 7) is 2.23. The summed E-state index contributed by atoms with van der Waals surface area (Å²) in [4.78, 5) is 10.9. The second-order valence-electron chi connectivity index (χ2n) is 14.0. The maximum absolute atomic E-state index is 5.45. The molecule has 2 aromatic heterocycles. The molecular formula is C49H36N2S2. The van der Waals surface area contributed by atoms with E-state index >= 15 is 0 Å². The van der Waals surface area contributed by atoms with Gasteiger partial charge in [0, 0.05) is 68.5 Å². The average Bonchev–Trinajstić information content (AvgIpc) is 3.80. The van der Waals surface area contributed by atoms with Crippen LogP contribution in [0.3, 0.4) is 0 Å². The van der Waals surface area contributed by atoms with E-state index in [0.717, 1.165) is 53.2 Å². The summed E-state index contributed by atoms with van der Waals surface area (Å²) in [5.41, 5.74) is 10.7. The van der Waals surface area contributed by atoms with E-state index in [1.54, 1.807) is 0 Å². The van der Waals surface area contributed by atoms with Gasteiger partial charge in [-0.25, -0.2) is 9.98 Å². The molecule has 0 saturated heterocycles. The minimum Gasteiger partial charge on any atom is -0.232 e. The van der Waals surface area contributed by atoms with Crippen LogP contribution in [0.15, 0.2) is 173 Å². The van der Waals surface area contributed by atoms with Crippen molar-refractivity contribution in [3.8, 4) is 11.1 Å². The van der Waals surface area contributed by atoms with Crippen LogP contribution in [0, 0.1) is 0 Å². The van der Waals surface area contributed by atoms with Gasteiger partial charge in [-0.05, 0) is 49.0 Å². The Morgan fingerprint density at radius 1 is 0.509 bits per heavy atom. The van der Waals surface area contributed by atoms with Crippen molar-refractivity contribution >= 4 is 80.3 Å². The standard InChI is InChI=1S/C49H36N2S2/c1-31-29-30-43(33-17-7-3-8-18-33)50-49(51-44(31)34-19-9-4-10-20-34)42-28-14-27-41-40-26-13-25-39(47(40)53-48(41)42)38-24-12-23-37-36-22-11-21-35(45(36)52-46(37)38)32-15-5-2-6-16-32/h2-15,17-28,32H,16,29-30H2,1H3/b44-31+,50-43?,51-49?. The Balaban J connectivity index is 1.18. The van der Waals surface area contributed by atoms with Gasteiger partial charge < -0.3 is 0 Å². The molecule has 8 aromatic rings. The Labute approximate surface area is 317 Å². The first-order valence-electron chi connectivity index (χ1n) is 18.4. The highest BCUT2D eigenvalue weighted by molar-refractivity contribution is 7.27. The molecule has 0 spiro atoms. The zero-order chi connectivity index (χ0) is 35.3. The number of benzene rings is 6. The normalized spacial score (nSPS) is 17.7. The molecule has 6 aromatic carbocycles. The molecule has 0 radical (unpaired) electrons. The first-order valence-corrected chi connectivity index (χ1v) is 20.0. The van der Waals surface area contributed by atoms with Crippen LogP contribution in [-0.4, -0.2) is 11.5 Å². The van der Waals surface area contributed by atoms with Crippen LogP contribution < -0.4 is 0 Å². The SMILES string of the molecule is C/C1=C(/c2ccccc2)N=C(c2cccc3c2sc2c(-c4cccc5c4sc4c(C6C=CC=CC6)cccc45)cccc23)N=C(c2ccccc2)CC1. The molecule has 0 N–H and O–H groups in total. The fourth-order valence-corrected chi connectivity index (χ4v) is 10.8. The fraction of sp³-hybridized carbons (Fsp3) is 0.102. The lowest BCUT2D eigenvalue weighted by molar-refractivity contribution is 0.863. The van der Waals surface area contributed by atoms with Gasteiger partial charge in [-0.3, -0.25) is 0 Å². The first-order chi connectivity index (χ1) is 26.2. The topological polar surface area (TPSA) is 24.7 Å². The molecule has 1 aliphatic carbocycles. The molecule has 3 heterocycles. The van der Waals surface area contributed by atoms with Crippen molar-refractivity contribution in [3.63, 3.8) is 0 Å². The Hall–Kier alpha value is -5.68. The second kappa shape index (κ2) is 13.4. The quantitative estimate of drug-likeness (QED) is 0.169. The minimum atomic E-state index is 0.409. The van der Waals surface area contributed by atoms with E-state index < -0.39 is 0 Å². The molecule has 53 heavy (non-hydrogen) atoms. The van der Waals surface area contributed by atoms with E-state index in [-0.39, 0.29) is 0 Å². The monoisotopic (exact) mass is 716 g/mol. The van der Waals surface area contributed by atoms with Crippen LogP contribution in [0.5, 0.6) is 0 Å². The number of nitrogens with zero attached hydrogens (tertiary/aromatic N) is 2. The zero-order valence-electron chi connectivity index (χ0n) is 29.4. The van der Waals surface area contributed by atoms with Crippen LogP contribution in [0.2, 0.25) is 0 Å². The molecule has 0 fully saturated rings. The van der Waals surface area contributed by atoms with Crippen molar-refractivity contribution < 1.29 is 0 Å². The number of fused-ring (bicyclic) bond motifs is 6. The van der Waals surface area contributed by atoms with Crippen LogP contribution in [0.4, 0.5) is 0 Å². The summed E-state index contributed by atoms with van der Waals surface area (Å²) >= 11 is 3.82. The number of hydrogen-bond donors (Lipinski definition) is 0. The molecule has 254 valence electrons. The molecule has 0 saturated carbocycles. The van der Waals surface area contributed by atoms with E-state index in [1.165, 1.54) is 62.6 Å². The number of aliphatic imine (C=N–C) groups is 2. The third-order valence-electron chi connectivity index (χ3n) is 10.7. The summed E-state index contributed by atoms with van der Waals surface area (Å²) in [6, 6.07) is 48.4. The third-order valence-corrected chi connectivity index (χ3v) is 13.3. The number of amidine groups is 1. The van der Waals surface area contributed by atoms with Gasteiger partial charge in [0.25, 0.3) is 0 Å². The van der Waals surface area contributed by atoms with E-state index in [0.29, 0.717) is 5.92 Å². The van der Waals surface area contributed by atoms with Crippen LogP contribution in [0.1, 0.15) is 54.4 Å². The van der Waals surface area contributed by atoms with Gasteiger partial charge in [0.15, 0.2) is 5.84 Å². The summed E-state index contributed by atoms with van der Waals surface area (Å²) in [5, 5.41) is 5.21. The Kier molecular flexibility index (Phi) is 8.08. The van der Waals surface area contributed by atoms with E-state index in [2.05, 4.69) is 165 Å². The molecule has 0 amide bonds. The van der Waals surface area contributed by atoms with Gasteiger partial charge in [0.05, 0.1) is 11.4 Å². The van der Waals surface area contributed by atoms with Crippen molar-refractivity contribution in [1.29, 1.82) is 0 Å². The lowest BCUT2D eigenvalue weighted by Crippen LogP contribution is -2.10. The number of hydrogen-bond acceptors (Lipinski definition) is 4. The summed E-state index contributed by atoms with van der Waals surface area (Å²) in [7, 11) is 0. The third kappa shape index (κ3) is 5.61. The predicted molar refractivity (Wildman–Crippen MR) is 231 cm³/mol. The van der Waals surface area contributed by atoms with Gasteiger partial charge in [-0.15, -0.1) is 22.7 Å². The fourth-order valence-electron chi connectivity index (χ4n) is 8.07. The average molecular weight is 717 g/mol. The smallest absolute Gasteiger partial charge is 0.161 e. The summed E-state index contributed by atoms with van der Waals surface area (Å²) in [6.07, 6.45) is 11.8. The van der Waals surface area contributed by atoms with Gasteiger partial charge in [0.2, 0.25) is 0 Å².